The van der Waals surface area contributed by atoms with Gasteiger partial charge in [0.2, 0.25) is 5.91 Å². The van der Waals surface area contributed by atoms with Crippen molar-refractivity contribution in [2.24, 2.45) is 0 Å². The fourth-order valence-electron chi connectivity index (χ4n) is 3.18. The molecule has 1 aromatic heterocycles. The molecule has 0 spiro atoms. The lowest BCUT2D eigenvalue weighted by Crippen LogP contribution is -2.33. The SMILES string of the molecule is COc1ccc(NC(=O)Cn2c(-c3cccc(Cl)c3)nc(C)c(CCO)c2=O)cc1Cl. The molecule has 162 valence electrons. The Morgan fingerprint density at radius 1 is 1.23 bits per heavy atom. The van der Waals surface area contributed by atoms with Gasteiger partial charge in [0.15, 0.2) is 0 Å². The van der Waals surface area contributed by atoms with E-state index in [9.17, 15) is 14.7 Å². The summed E-state index contributed by atoms with van der Waals surface area (Å²) in [5.41, 5.74) is 1.52. The molecule has 0 radical (unpaired) electrons. The topological polar surface area (TPSA) is 93.4 Å². The fourth-order valence-corrected chi connectivity index (χ4v) is 3.63. The largest absolute Gasteiger partial charge is 0.495 e. The van der Waals surface area contributed by atoms with Gasteiger partial charge in [-0.2, -0.15) is 0 Å². The van der Waals surface area contributed by atoms with Crippen molar-refractivity contribution in [3.63, 3.8) is 0 Å². The summed E-state index contributed by atoms with van der Waals surface area (Å²) in [5.74, 6) is 0.359. The Hall–Kier alpha value is -2.87. The first-order valence-corrected chi connectivity index (χ1v) is 10.2. The van der Waals surface area contributed by atoms with Crippen LogP contribution in [0.4, 0.5) is 5.69 Å². The van der Waals surface area contributed by atoms with E-state index in [0.717, 1.165) is 0 Å². The predicted octanol–water partition coefficient (Wildman–Crippen LogP) is 3.71. The Balaban J connectivity index is 2.00. The van der Waals surface area contributed by atoms with E-state index in [1.165, 1.54) is 11.7 Å². The van der Waals surface area contributed by atoms with Crippen LogP contribution in [-0.4, -0.2) is 34.3 Å². The van der Waals surface area contributed by atoms with Gasteiger partial charge in [-0.1, -0.05) is 35.3 Å². The van der Waals surface area contributed by atoms with Crippen LogP contribution in [0.15, 0.2) is 47.3 Å². The number of carbonyl (C=O) groups excluding carboxylic acids is 1. The molecule has 0 bridgehead atoms. The van der Waals surface area contributed by atoms with E-state index in [0.29, 0.717) is 44.1 Å². The summed E-state index contributed by atoms with van der Waals surface area (Å²) in [7, 11) is 1.50. The maximum Gasteiger partial charge on any atom is 0.257 e. The molecule has 31 heavy (non-hydrogen) atoms. The number of anilines is 1. The molecule has 7 nitrogen and oxygen atoms in total. The van der Waals surface area contributed by atoms with Crippen LogP contribution in [0.25, 0.3) is 11.4 Å². The molecule has 0 aliphatic heterocycles. The maximum atomic E-state index is 13.1. The Bertz CT molecular complexity index is 1180. The zero-order valence-corrected chi connectivity index (χ0v) is 18.5. The number of amides is 1. The average Bonchev–Trinajstić information content (AvgIpc) is 2.73. The monoisotopic (exact) mass is 461 g/mol. The fraction of sp³-hybridized carbons (Fsp3) is 0.227. The molecule has 1 heterocycles. The quantitative estimate of drug-likeness (QED) is 0.559. The molecule has 0 unspecified atom stereocenters. The molecule has 0 saturated carbocycles. The molecule has 0 aliphatic rings. The van der Waals surface area contributed by atoms with Crippen LogP contribution < -0.4 is 15.6 Å². The second-order valence-corrected chi connectivity index (χ2v) is 7.62. The van der Waals surface area contributed by atoms with Crippen molar-refractivity contribution in [1.82, 2.24) is 9.55 Å². The molecule has 9 heteroatoms. The van der Waals surface area contributed by atoms with E-state index in [1.807, 2.05) is 0 Å². The minimum Gasteiger partial charge on any atom is -0.495 e. The summed E-state index contributed by atoms with van der Waals surface area (Å²) in [6, 6.07) is 11.7. The van der Waals surface area contributed by atoms with Gasteiger partial charge in [0.25, 0.3) is 5.56 Å². The molecule has 0 saturated heterocycles. The second-order valence-electron chi connectivity index (χ2n) is 6.77. The highest BCUT2D eigenvalue weighted by molar-refractivity contribution is 6.32. The number of hydrogen-bond donors (Lipinski definition) is 2. The van der Waals surface area contributed by atoms with E-state index in [-0.39, 0.29) is 25.1 Å². The maximum absolute atomic E-state index is 13.1. The van der Waals surface area contributed by atoms with Crippen molar-refractivity contribution in [1.29, 1.82) is 0 Å². The van der Waals surface area contributed by atoms with Gasteiger partial charge in [-0.3, -0.25) is 14.2 Å². The van der Waals surface area contributed by atoms with Gasteiger partial charge in [-0.15, -0.1) is 0 Å². The molecule has 0 atom stereocenters. The number of nitrogens with zero attached hydrogens (tertiary/aromatic N) is 2. The molecular formula is C22H21Cl2N3O4. The van der Waals surface area contributed by atoms with Gasteiger partial charge in [0.1, 0.15) is 18.1 Å². The van der Waals surface area contributed by atoms with Crippen LogP contribution in [0.3, 0.4) is 0 Å². The van der Waals surface area contributed by atoms with Gasteiger partial charge in [0.05, 0.1) is 12.1 Å². The third-order valence-electron chi connectivity index (χ3n) is 4.65. The first-order valence-electron chi connectivity index (χ1n) is 9.44. The van der Waals surface area contributed by atoms with Gasteiger partial charge >= 0.3 is 0 Å². The number of hydrogen-bond acceptors (Lipinski definition) is 5. The van der Waals surface area contributed by atoms with Crippen molar-refractivity contribution in [3.8, 4) is 17.1 Å². The first-order chi connectivity index (χ1) is 14.8. The van der Waals surface area contributed by atoms with E-state index >= 15 is 0 Å². The summed E-state index contributed by atoms with van der Waals surface area (Å²) in [6.45, 7) is 1.21. The number of benzene rings is 2. The van der Waals surface area contributed by atoms with Gasteiger partial charge < -0.3 is 15.2 Å². The van der Waals surface area contributed by atoms with E-state index in [1.54, 1.807) is 49.4 Å². The summed E-state index contributed by atoms with van der Waals surface area (Å²) >= 11 is 12.2. The van der Waals surface area contributed by atoms with Crippen LogP contribution in [0, 0.1) is 6.92 Å². The summed E-state index contributed by atoms with van der Waals surface area (Å²) in [4.78, 5) is 30.4. The van der Waals surface area contributed by atoms with Crippen molar-refractivity contribution >= 4 is 34.8 Å². The summed E-state index contributed by atoms with van der Waals surface area (Å²) in [6.07, 6.45) is 0.142. The van der Waals surface area contributed by atoms with Crippen molar-refractivity contribution in [3.05, 3.63) is 74.1 Å². The summed E-state index contributed by atoms with van der Waals surface area (Å²) < 4.78 is 6.39. The number of aliphatic hydroxyl groups is 1. The lowest BCUT2D eigenvalue weighted by atomic mass is 10.1. The van der Waals surface area contributed by atoms with Gasteiger partial charge in [-0.05, 0) is 37.3 Å². The molecular weight excluding hydrogens is 441 g/mol. The first kappa shape index (κ1) is 22.8. The van der Waals surface area contributed by atoms with Gasteiger partial charge in [-0.25, -0.2) is 4.98 Å². The molecule has 3 aromatic rings. The van der Waals surface area contributed by atoms with Crippen LogP contribution in [0.5, 0.6) is 5.75 Å². The highest BCUT2D eigenvalue weighted by Gasteiger charge is 2.18. The number of nitrogens with one attached hydrogen (secondary N) is 1. The predicted molar refractivity (Wildman–Crippen MR) is 121 cm³/mol. The van der Waals surface area contributed by atoms with Crippen molar-refractivity contribution in [2.45, 2.75) is 19.9 Å². The lowest BCUT2D eigenvalue weighted by molar-refractivity contribution is -0.116. The van der Waals surface area contributed by atoms with E-state index in [2.05, 4.69) is 10.3 Å². The Kier molecular flexibility index (Phi) is 7.33. The normalized spacial score (nSPS) is 10.7. The summed E-state index contributed by atoms with van der Waals surface area (Å²) in [5, 5.41) is 12.9. The molecule has 2 N–H and O–H groups in total. The highest BCUT2D eigenvalue weighted by Crippen LogP contribution is 2.27. The average molecular weight is 462 g/mol. The zero-order valence-electron chi connectivity index (χ0n) is 17.0. The Morgan fingerprint density at radius 2 is 2.00 bits per heavy atom. The lowest BCUT2D eigenvalue weighted by Gasteiger charge is -2.16. The number of carbonyl (C=O) groups is 1. The molecule has 2 aromatic carbocycles. The minimum absolute atomic E-state index is 0.142. The number of aromatic nitrogens is 2. The number of halogens is 2. The smallest absolute Gasteiger partial charge is 0.257 e. The van der Waals surface area contributed by atoms with Crippen LogP contribution in [0.1, 0.15) is 11.3 Å². The molecule has 1 amide bonds. The molecule has 3 rings (SSSR count). The third-order valence-corrected chi connectivity index (χ3v) is 5.18. The number of aliphatic hydroxyl groups excluding tert-OH is 1. The molecule has 0 aliphatic carbocycles. The van der Waals surface area contributed by atoms with Crippen molar-refractivity contribution in [2.75, 3.05) is 19.0 Å². The van der Waals surface area contributed by atoms with Crippen molar-refractivity contribution < 1.29 is 14.6 Å². The van der Waals surface area contributed by atoms with Crippen LogP contribution in [-0.2, 0) is 17.8 Å². The highest BCUT2D eigenvalue weighted by atomic mass is 35.5. The minimum atomic E-state index is -0.438. The van der Waals surface area contributed by atoms with Gasteiger partial charge in [0, 0.05) is 40.6 Å². The van der Waals surface area contributed by atoms with E-state index in [4.69, 9.17) is 27.9 Å². The standard InChI is InChI=1S/C22H21Cl2N3O4/c1-13-17(8-9-28)22(30)27(21(25-13)14-4-3-5-15(23)10-14)12-20(29)26-16-6-7-19(31-2)18(24)11-16/h3-7,10-11,28H,8-9,12H2,1-2H3,(H,26,29). The third kappa shape index (κ3) is 5.25. The number of aryl methyl sites for hydroxylation is 1. The van der Waals surface area contributed by atoms with Crippen LogP contribution >= 0.6 is 23.2 Å². The zero-order chi connectivity index (χ0) is 22.5. The van der Waals surface area contributed by atoms with Crippen LogP contribution in [0.2, 0.25) is 10.0 Å². The number of rotatable bonds is 7. The molecule has 0 fully saturated rings. The second kappa shape index (κ2) is 9.96. The Morgan fingerprint density at radius 3 is 2.65 bits per heavy atom. The Labute approximate surface area is 189 Å². The van der Waals surface area contributed by atoms with E-state index < -0.39 is 5.91 Å². The number of ether oxygens (including phenoxy) is 1. The number of methoxy groups -OCH3 is 1.